The highest BCUT2D eigenvalue weighted by molar-refractivity contribution is 5.26. The Bertz CT molecular complexity index is 347. The molecule has 0 aliphatic carbocycles. The number of pyridine rings is 1. The minimum Gasteiger partial charge on any atom is -0.506 e. The molecule has 0 atom stereocenters. The number of nitrogens with one attached hydrogen (secondary N) is 1. The molecule has 0 amide bonds. The normalized spacial score (nSPS) is 10.7. The van der Waals surface area contributed by atoms with Gasteiger partial charge in [0.25, 0.3) is 12.0 Å². The highest BCUT2D eigenvalue weighted by Crippen LogP contribution is 2.24. The van der Waals surface area contributed by atoms with Crippen LogP contribution in [-0.4, -0.2) is 10.1 Å². The molecule has 0 bridgehead atoms. The Kier molecular flexibility index (Phi) is 2.07. The van der Waals surface area contributed by atoms with E-state index in [4.69, 9.17) is 5.11 Å². The highest BCUT2D eigenvalue weighted by atomic mass is 19.3. The molecule has 0 radical (unpaired) electrons. The summed E-state index contributed by atoms with van der Waals surface area (Å²) < 4.78 is 36.0. The number of alkyl halides is 2. The van der Waals surface area contributed by atoms with Crippen LogP contribution < -0.4 is 5.56 Å². The van der Waals surface area contributed by atoms with Gasteiger partial charge in [0.2, 0.25) is 0 Å². The van der Waals surface area contributed by atoms with Gasteiger partial charge in [-0.2, -0.15) is 0 Å². The average Bonchev–Trinajstić information content (AvgIpc) is 1.96. The largest absolute Gasteiger partial charge is 0.506 e. The maximum absolute atomic E-state index is 12.3. The third-order valence-corrected chi connectivity index (χ3v) is 1.22. The molecule has 1 heterocycles. The molecule has 3 nitrogen and oxygen atoms in total. The van der Waals surface area contributed by atoms with Crippen molar-refractivity contribution in [2.45, 2.75) is 6.43 Å². The van der Waals surface area contributed by atoms with Gasteiger partial charge in [-0.3, -0.25) is 4.79 Å². The second kappa shape index (κ2) is 2.88. The summed E-state index contributed by atoms with van der Waals surface area (Å²) in [4.78, 5) is 11.9. The smallest absolute Gasteiger partial charge is 0.284 e. The Hall–Kier alpha value is -1.46. The summed E-state index contributed by atoms with van der Waals surface area (Å²) in [6, 6.07) is 0.348. The summed E-state index contributed by atoms with van der Waals surface area (Å²) in [5.41, 5.74) is -2.25. The van der Waals surface area contributed by atoms with E-state index in [2.05, 4.69) is 0 Å². The molecule has 0 aromatic carbocycles. The van der Waals surface area contributed by atoms with Crippen molar-refractivity contribution in [3.8, 4) is 5.75 Å². The van der Waals surface area contributed by atoms with Crippen molar-refractivity contribution < 1.29 is 18.3 Å². The number of aromatic hydroxyl groups is 1. The van der Waals surface area contributed by atoms with E-state index in [1.54, 1.807) is 0 Å². The van der Waals surface area contributed by atoms with Crippen LogP contribution in [0.25, 0.3) is 0 Å². The molecular weight excluding hydrogens is 175 g/mol. The average molecular weight is 179 g/mol. The topological polar surface area (TPSA) is 53.1 Å². The Morgan fingerprint density at radius 3 is 2.58 bits per heavy atom. The monoisotopic (exact) mass is 179 g/mol. The van der Waals surface area contributed by atoms with Crippen molar-refractivity contribution in [3.63, 3.8) is 0 Å². The molecule has 66 valence electrons. The van der Waals surface area contributed by atoms with Crippen molar-refractivity contribution in [2.75, 3.05) is 0 Å². The van der Waals surface area contributed by atoms with Gasteiger partial charge in [-0.25, -0.2) is 13.2 Å². The van der Waals surface area contributed by atoms with Gasteiger partial charge in [0.05, 0.1) is 0 Å². The predicted molar refractivity (Wildman–Crippen MR) is 33.6 cm³/mol. The molecule has 0 saturated carbocycles. The Morgan fingerprint density at radius 1 is 1.50 bits per heavy atom. The number of aromatic amines is 1. The fourth-order valence-corrected chi connectivity index (χ4v) is 0.676. The number of aromatic nitrogens is 1. The second-order valence-corrected chi connectivity index (χ2v) is 2.05. The predicted octanol–water partition coefficient (Wildman–Crippen LogP) is 1.16. The summed E-state index contributed by atoms with van der Waals surface area (Å²) in [6.45, 7) is 0. The van der Waals surface area contributed by atoms with E-state index in [9.17, 15) is 18.0 Å². The van der Waals surface area contributed by atoms with Crippen molar-refractivity contribution in [2.24, 2.45) is 0 Å². The fourth-order valence-electron chi connectivity index (χ4n) is 0.676. The van der Waals surface area contributed by atoms with Crippen molar-refractivity contribution >= 4 is 0 Å². The molecular formula is C6H4F3NO2. The van der Waals surface area contributed by atoms with Gasteiger partial charge < -0.3 is 10.1 Å². The van der Waals surface area contributed by atoms with Gasteiger partial charge in [0.15, 0.2) is 5.82 Å². The first-order valence-electron chi connectivity index (χ1n) is 2.92. The molecule has 0 aliphatic heterocycles. The van der Waals surface area contributed by atoms with Gasteiger partial charge >= 0.3 is 0 Å². The van der Waals surface area contributed by atoms with Crippen LogP contribution in [0, 0.1) is 5.82 Å². The molecule has 2 N–H and O–H groups in total. The third kappa shape index (κ3) is 1.41. The lowest BCUT2D eigenvalue weighted by Gasteiger charge is -2.01. The van der Waals surface area contributed by atoms with Crippen LogP contribution in [-0.2, 0) is 0 Å². The Balaban J connectivity index is 3.33. The minimum absolute atomic E-state index is 0.348. The lowest BCUT2D eigenvalue weighted by molar-refractivity contribution is 0.141. The van der Waals surface area contributed by atoms with Crippen LogP contribution in [0.4, 0.5) is 13.2 Å². The summed E-state index contributed by atoms with van der Waals surface area (Å²) in [7, 11) is 0. The Labute approximate surface area is 64.5 Å². The molecule has 0 saturated heterocycles. The minimum atomic E-state index is -3.03. The molecule has 12 heavy (non-hydrogen) atoms. The van der Waals surface area contributed by atoms with E-state index < -0.39 is 29.2 Å². The second-order valence-electron chi connectivity index (χ2n) is 2.05. The first-order valence-corrected chi connectivity index (χ1v) is 2.92. The zero-order valence-electron chi connectivity index (χ0n) is 5.64. The number of rotatable bonds is 1. The van der Waals surface area contributed by atoms with Gasteiger partial charge in [0, 0.05) is 6.07 Å². The highest BCUT2D eigenvalue weighted by Gasteiger charge is 2.15. The van der Waals surface area contributed by atoms with Crippen LogP contribution in [0.15, 0.2) is 10.9 Å². The van der Waals surface area contributed by atoms with E-state index in [0.717, 1.165) is 0 Å². The maximum atomic E-state index is 12.3. The van der Waals surface area contributed by atoms with Crippen LogP contribution in [0.5, 0.6) is 5.75 Å². The summed E-state index contributed by atoms with van der Waals surface area (Å²) >= 11 is 0. The molecule has 1 rings (SSSR count). The quantitative estimate of drug-likeness (QED) is 0.679. The van der Waals surface area contributed by atoms with Gasteiger partial charge in [0.1, 0.15) is 11.4 Å². The van der Waals surface area contributed by atoms with E-state index in [1.165, 1.54) is 4.98 Å². The van der Waals surface area contributed by atoms with Crippen molar-refractivity contribution in [3.05, 3.63) is 27.9 Å². The molecule has 0 aliphatic rings. The lowest BCUT2D eigenvalue weighted by atomic mass is 10.3. The zero-order valence-corrected chi connectivity index (χ0v) is 5.64. The SMILES string of the molecule is O=c1[nH]c(C(F)F)c(O)cc1F. The fraction of sp³-hybridized carbons (Fsp3) is 0.167. The molecule has 1 aromatic heterocycles. The van der Waals surface area contributed by atoms with Crippen LogP contribution in [0.2, 0.25) is 0 Å². The van der Waals surface area contributed by atoms with Crippen LogP contribution >= 0.6 is 0 Å². The number of hydrogen-bond acceptors (Lipinski definition) is 2. The van der Waals surface area contributed by atoms with E-state index in [1.807, 2.05) is 0 Å². The summed E-state index contributed by atoms with van der Waals surface area (Å²) in [5.74, 6) is -2.25. The molecule has 0 fully saturated rings. The summed E-state index contributed by atoms with van der Waals surface area (Å²) in [6.07, 6.45) is -3.03. The van der Waals surface area contributed by atoms with E-state index in [0.29, 0.717) is 6.07 Å². The van der Waals surface area contributed by atoms with Gasteiger partial charge in [-0.05, 0) is 0 Å². The van der Waals surface area contributed by atoms with Gasteiger partial charge in [-0.15, -0.1) is 0 Å². The summed E-state index contributed by atoms with van der Waals surface area (Å²) in [5, 5.41) is 8.70. The van der Waals surface area contributed by atoms with E-state index in [-0.39, 0.29) is 0 Å². The number of halogens is 3. The first-order chi connectivity index (χ1) is 5.52. The lowest BCUT2D eigenvalue weighted by Crippen LogP contribution is -2.12. The Morgan fingerprint density at radius 2 is 2.08 bits per heavy atom. The first kappa shape index (κ1) is 8.63. The zero-order chi connectivity index (χ0) is 9.30. The molecule has 6 heteroatoms. The van der Waals surface area contributed by atoms with Crippen LogP contribution in [0.1, 0.15) is 12.1 Å². The standard InChI is InChI=1S/C6H4F3NO2/c7-2-1-3(11)4(5(8)9)10-6(2)12/h1,5,11H,(H,10,12). The third-order valence-electron chi connectivity index (χ3n) is 1.22. The number of hydrogen-bond donors (Lipinski definition) is 2. The molecule has 0 unspecified atom stereocenters. The van der Waals surface area contributed by atoms with Crippen molar-refractivity contribution in [1.82, 2.24) is 4.98 Å². The molecule has 1 aromatic rings. The van der Waals surface area contributed by atoms with E-state index >= 15 is 0 Å². The maximum Gasteiger partial charge on any atom is 0.284 e. The van der Waals surface area contributed by atoms with Gasteiger partial charge in [-0.1, -0.05) is 0 Å². The number of H-pyrrole nitrogens is 1. The molecule has 0 spiro atoms. The van der Waals surface area contributed by atoms with Crippen molar-refractivity contribution in [1.29, 1.82) is 0 Å². The van der Waals surface area contributed by atoms with Crippen LogP contribution in [0.3, 0.4) is 0 Å².